The van der Waals surface area contributed by atoms with Gasteiger partial charge >= 0.3 is 0 Å². The Bertz CT molecular complexity index is 723. The van der Waals surface area contributed by atoms with Crippen LogP contribution in [0.5, 0.6) is 0 Å². The van der Waals surface area contributed by atoms with Gasteiger partial charge in [0.25, 0.3) is 5.91 Å². The Balaban J connectivity index is 1.75. The van der Waals surface area contributed by atoms with Crippen LogP contribution < -0.4 is 5.32 Å². The number of hydrogen-bond acceptors (Lipinski definition) is 3. The van der Waals surface area contributed by atoms with Gasteiger partial charge in [-0.05, 0) is 43.3 Å². The van der Waals surface area contributed by atoms with Crippen LogP contribution >= 0.6 is 11.3 Å². The maximum Gasteiger partial charge on any atom is 0.261 e. The van der Waals surface area contributed by atoms with Gasteiger partial charge in [-0.25, -0.2) is 0 Å². The minimum absolute atomic E-state index is 0.00185. The molecule has 0 aliphatic carbocycles. The zero-order valence-electron chi connectivity index (χ0n) is 14.8. The van der Waals surface area contributed by atoms with Crippen LogP contribution in [0.3, 0.4) is 0 Å². The molecule has 0 bridgehead atoms. The van der Waals surface area contributed by atoms with E-state index in [0.29, 0.717) is 4.88 Å². The Morgan fingerprint density at radius 2 is 2.08 bits per heavy atom. The summed E-state index contributed by atoms with van der Waals surface area (Å²) in [6.45, 7) is 2.52. The van der Waals surface area contributed by atoms with E-state index in [4.69, 9.17) is 0 Å². The van der Waals surface area contributed by atoms with Crippen molar-refractivity contribution in [3.63, 3.8) is 0 Å². The molecule has 3 heterocycles. The maximum absolute atomic E-state index is 13.1. The molecule has 2 atom stereocenters. The van der Waals surface area contributed by atoms with Gasteiger partial charge < -0.3 is 14.8 Å². The van der Waals surface area contributed by atoms with Crippen LogP contribution in [-0.4, -0.2) is 33.9 Å². The molecule has 2 aromatic heterocycles. The molecule has 1 saturated heterocycles. The van der Waals surface area contributed by atoms with Crippen molar-refractivity contribution in [2.45, 2.75) is 44.7 Å². The van der Waals surface area contributed by atoms with E-state index in [-0.39, 0.29) is 17.9 Å². The molecule has 0 aromatic carbocycles. The fourth-order valence-corrected chi connectivity index (χ4v) is 4.11. The number of nitrogens with one attached hydrogen (secondary N) is 1. The fourth-order valence-electron chi connectivity index (χ4n) is 3.49. The first-order chi connectivity index (χ1) is 12.1. The SMILES string of the molecule is CC(NC(=O)c1cccs1)C(=O)N1CCCCCC1c1cccn1C. The van der Waals surface area contributed by atoms with Crippen molar-refractivity contribution >= 4 is 23.2 Å². The smallest absolute Gasteiger partial charge is 0.261 e. The molecule has 1 fully saturated rings. The van der Waals surface area contributed by atoms with Crippen molar-refractivity contribution in [3.8, 4) is 0 Å². The van der Waals surface area contributed by atoms with E-state index in [1.165, 1.54) is 11.3 Å². The summed E-state index contributed by atoms with van der Waals surface area (Å²) in [5.74, 6) is -0.181. The summed E-state index contributed by atoms with van der Waals surface area (Å²) in [4.78, 5) is 27.9. The molecule has 25 heavy (non-hydrogen) atoms. The number of aryl methyl sites for hydroxylation is 1. The monoisotopic (exact) mass is 359 g/mol. The molecule has 1 N–H and O–H groups in total. The highest BCUT2D eigenvalue weighted by Gasteiger charge is 2.31. The molecule has 2 aromatic rings. The first kappa shape index (κ1) is 17.7. The molecule has 6 heteroatoms. The van der Waals surface area contributed by atoms with Crippen molar-refractivity contribution in [1.29, 1.82) is 0 Å². The third-order valence-corrected chi connectivity index (χ3v) is 5.69. The first-order valence-electron chi connectivity index (χ1n) is 8.84. The highest BCUT2D eigenvalue weighted by atomic mass is 32.1. The lowest BCUT2D eigenvalue weighted by Gasteiger charge is -2.32. The highest BCUT2D eigenvalue weighted by Crippen LogP contribution is 2.30. The maximum atomic E-state index is 13.1. The largest absolute Gasteiger partial charge is 0.353 e. The fraction of sp³-hybridized carbons (Fsp3) is 0.474. The molecule has 3 rings (SSSR count). The van der Waals surface area contributed by atoms with E-state index in [0.717, 1.165) is 37.9 Å². The molecule has 2 unspecified atom stereocenters. The average Bonchev–Trinajstić information content (AvgIpc) is 3.21. The predicted octanol–water partition coefficient (Wildman–Crippen LogP) is 3.35. The highest BCUT2D eigenvalue weighted by molar-refractivity contribution is 7.12. The third kappa shape index (κ3) is 3.95. The van der Waals surface area contributed by atoms with Crippen LogP contribution in [0, 0.1) is 0 Å². The molecule has 134 valence electrons. The number of thiophene rings is 1. The summed E-state index contributed by atoms with van der Waals surface area (Å²) in [6, 6.07) is 7.27. The minimum Gasteiger partial charge on any atom is -0.353 e. The second kappa shape index (κ2) is 7.87. The summed E-state index contributed by atoms with van der Waals surface area (Å²) in [5.41, 5.74) is 1.16. The van der Waals surface area contributed by atoms with Crippen LogP contribution in [0.15, 0.2) is 35.8 Å². The van der Waals surface area contributed by atoms with Gasteiger partial charge in [-0.1, -0.05) is 18.9 Å². The van der Waals surface area contributed by atoms with Crippen LogP contribution in [-0.2, 0) is 11.8 Å². The van der Waals surface area contributed by atoms with Crippen molar-refractivity contribution in [2.24, 2.45) is 7.05 Å². The van der Waals surface area contributed by atoms with Gasteiger partial charge in [-0.15, -0.1) is 11.3 Å². The molecular formula is C19H25N3O2S. The van der Waals surface area contributed by atoms with E-state index in [2.05, 4.69) is 16.0 Å². The Hall–Kier alpha value is -2.08. The normalized spacial score (nSPS) is 19.3. The lowest BCUT2D eigenvalue weighted by atomic mass is 10.1. The van der Waals surface area contributed by atoms with Crippen molar-refractivity contribution in [2.75, 3.05) is 6.54 Å². The molecule has 0 spiro atoms. The molecule has 2 amide bonds. The Kier molecular flexibility index (Phi) is 5.58. The van der Waals surface area contributed by atoms with Crippen molar-refractivity contribution < 1.29 is 9.59 Å². The quantitative estimate of drug-likeness (QED) is 0.910. The van der Waals surface area contributed by atoms with Crippen molar-refractivity contribution in [1.82, 2.24) is 14.8 Å². The van der Waals surface area contributed by atoms with Gasteiger partial charge in [-0.3, -0.25) is 9.59 Å². The average molecular weight is 359 g/mol. The summed E-state index contributed by atoms with van der Waals surface area (Å²) in [7, 11) is 2.02. The van der Waals surface area contributed by atoms with Gasteiger partial charge in [0.2, 0.25) is 5.91 Å². The molecule has 5 nitrogen and oxygen atoms in total. The summed E-state index contributed by atoms with van der Waals surface area (Å²) in [6.07, 6.45) is 6.26. The zero-order chi connectivity index (χ0) is 17.8. The van der Waals surface area contributed by atoms with Gasteiger partial charge in [0.1, 0.15) is 6.04 Å². The predicted molar refractivity (Wildman–Crippen MR) is 99.6 cm³/mol. The molecule has 1 aliphatic rings. The first-order valence-corrected chi connectivity index (χ1v) is 9.72. The zero-order valence-corrected chi connectivity index (χ0v) is 15.6. The van der Waals surface area contributed by atoms with E-state index >= 15 is 0 Å². The second-order valence-corrected chi connectivity index (χ2v) is 7.56. The van der Waals surface area contributed by atoms with Crippen LogP contribution in [0.2, 0.25) is 0 Å². The summed E-state index contributed by atoms with van der Waals surface area (Å²) < 4.78 is 2.09. The van der Waals surface area contributed by atoms with Gasteiger partial charge in [0, 0.05) is 25.5 Å². The van der Waals surface area contributed by atoms with E-state index in [9.17, 15) is 9.59 Å². The molecule has 0 radical (unpaired) electrons. The number of nitrogens with zero attached hydrogens (tertiary/aromatic N) is 2. The van der Waals surface area contributed by atoms with Crippen LogP contribution in [0.1, 0.15) is 54.0 Å². The number of aromatic nitrogens is 1. The van der Waals surface area contributed by atoms with Crippen molar-refractivity contribution in [3.05, 3.63) is 46.4 Å². The lowest BCUT2D eigenvalue weighted by Crippen LogP contribution is -2.48. The Labute approximate surface area is 152 Å². The topological polar surface area (TPSA) is 54.3 Å². The standard InChI is InChI=1S/C19H25N3O2S/c1-14(20-18(23)17-10-7-13-25-17)19(24)22-12-5-3-4-8-16(22)15-9-6-11-21(15)2/h6-7,9-11,13-14,16H,3-5,8,12H2,1-2H3,(H,20,23). The number of carbonyl (C=O) groups is 2. The van der Waals surface area contributed by atoms with Crippen LogP contribution in [0.25, 0.3) is 0 Å². The third-order valence-electron chi connectivity index (χ3n) is 4.82. The minimum atomic E-state index is -0.532. The number of rotatable bonds is 4. The van der Waals surface area contributed by atoms with Gasteiger partial charge in [0.15, 0.2) is 0 Å². The van der Waals surface area contributed by atoms with Crippen LogP contribution in [0.4, 0.5) is 0 Å². The summed E-state index contributed by atoms with van der Waals surface area (Å²) >= 11 is 1.38. The second-order valence-electron chi connectivity index (χ2n) is 6.61. The number of carbonyl (C=O) groups excluding carboxylic acids is 2. The molecule has 0 saturated carbocycles. The van der Waals surface area contributed by atoms with E-state index in [1.807, 2.05) is 35.7 Å². The number of amides is 2. The Morgan fingerprint density at radius 3 is 2.76 bits per heavy atom. The van der Waals surface area contributed by atoms with E-state index in [1.54, 1.807) is 13.0 Å². The number of likely N-dealkylation sites (tertiary alicyclic amines) is 1. The Morgan fingerprint density at radius 1 is 1.24 bits per heavy atom. The van der Waals surface area contributed by atoms with Gasteiger partial charge in [-0.2, -0.15) is 0 Å². The molecular weight excluding hydrogens is 334 g/mol. The van der Waals surface area contributed by atoms with Gasteiger partial charge in [0.05, 0.1) is 10.9 Å². The van der Waals surface area contributed by atoms with E-state index < -0.39 is 6.04 Å². The summed E-state index contributed by atoms with van der Waals surface area (Å²) in [5, 5.41) is 4.72. The molecule has 1 aliphatic heterocycles. The number of hydrogen-bond donors (Lipinski definition) is 1. The lowest BCUT2D eigenvalue weighted by molar-refractivity contribution is -0.135.